The van der Waals surface area contributed by atoms with Gasteiger partial charge in [-0.3, -0.25) is 14.2 Å². The Bertz CT molecular complexity index is 1300. The molecule has 3 aromatic heterocycles. The van der Waals surface area contributed by atoms with Crippen molar-refractivity contribution < 1.29 is 4.79 Å². The van der Waals surface area contributed by atoms with Crippen LogP contribution in [0.4, 0.5) is 5.69 Å². The summed E-state index contributed by atoms with van der Waals surface area (Å²) in [6.45, 7) is 7.69. The number of aryl methyl sites for hydroxylation is 4. The van der Waals surface area contributed by atoms with E-state index in [4.69, 9.17) is 0 Å². The van der Waals surface area contributed by atoms with E-state index in [-0.39, 0.29) is 18.0 Å². The van der Waals surface area contributed by atoms with Gasteiger partial charge in [-0.05, 0) is 56.5 Å². The van der Waals surface area contributed by atoms with E-state index in [0.717, 1.165) is 27.9 Å². The first kappa shape index (κ1) is 19.3. The fourth-order valence-corrected chi connectivity index (χ4v) is 4.70. The Morgan fingerprint density at radius 2 is 1.86 bits per heavy atom. The van der Waals surface area contributed by atoms with Crippen molar-refractivity contribution in [1.82, 2.24) is 14.5 Å². The molecule has 148 valence electrons. The van der Waals surface area contributed by atoms with Gasteiger partial charge in [0.25, 0.3) is 5.56 Å². The maximum Gasteiger partial charge on any atom is 0.272 e. The molecule has 3 heterocycles. The molecule has 1 aromatic carbocycles. The molecule has 0 aliphatic carbocycles. The van der Waals surface area contributed by atoms with Gasteiger partial charge >= 0.3 is 0 Å². The summed E-state index contributed by atoms with van der Waals surface area (Å²) in [5, 5.41) is 3.77. The number of benzene rings is 1. The topological polar surface area (TPSA) is 76.9 Å². The van der Waals surface area contributed by atoms with Crippen molar-refractivity contribution in [3.63, 3.8) is 0 Å². The van der Waals surface area contributed by atoms with Crippen LogP contribution in [0.1, 0.15) is 29.6 Å². The predicted octanol–water partition coefficient (Wildman–Crippen LogP) is 4.13. The van der Waals surface area contributed by atoms with Crippen LogP contribution in [-0.2, 0) is 17.8 Å². The first-order valence-electron chi connectivity index (χ1n) is 9.54. The number of fused-ring (bicyclic) bond motifs is 3. The molecule has 1 N–H and O–H groups in total. The molecule has 0 saturated heterocycles. The Morgan fingerprint density at radius 1 is 1.14 bits per heavy atom. The number of hydrogen-bond acceptors (Lipinski definition) is 5. The molecule has 0 bridgehead atoms. The van der Waals surface area contributed by atoms with Crippen LogP contribution in [0, 0.1) is 20.8 Å². The number of carbonyl (C=O) groups is 1. The van der Waals surface area contributed by atoms with E-state index in [0.29, 0.717) is 21.7 Å². The number of hydrogen-bond donors (Lipinski definition) is 1. The maximum absolute atomic E-state index is 13.1. The Balaban J connectivity index is 1.70. The van der Waals surface area contributed by atoms with E-state index >= 15 is 0 Å². The van der Waals surface area contributed by atoms with Gasteiger partial charge in [0, 0.05) is 16.8 Å². The summed E-state index contributed by atoms with van der Waals surface area (Å²) in [7, 11) is 0. The van der Waals surface area contributed by atoms with Crippen LogP contribution in [0.15, 0.2) is 35.1 Å². The van der Waals surface area contributed by atoms with Crippen molar-refractivity contribution >= 4 is 43.4 Å². The summed E-state index contributed by atoms with van der Waals surface area (Å²) in [5.74, 6) is 0.255. The molecule has 0 fully saturated rings. The lowest BCUT2D eigenvalue weighted by Crippen LogP contribution is -2.29. The molecule has 0 radical (unpaired) electrons. The molecule has 0 saturated carbocycles. The van der Waals surface area contributed by atoms with E-state index < -0.39 is 0 Å². The third-order valence-corrected chi connectivity index (χ3v) is 6.07. The zero-order valence-electron chi connectivity index (χ0n) is 16.9. The van der Waals surface area contributed by atoms with Gasteiger partial charge in [-0.25, -0.2) is 9.97 Å². The number of carbonyl (C=O) groups excluding carboxylic acids is 1. The molecular weight excluding hydrogens is 384 g/mol. The third-order valence-electron chi connectivity index (χ3n) is 5.01. The van der Waals surface area contributed by atoms with Crippen molar-refractivity contribution in [2.45, 2.75) is 40.7 Å². The van der Waals surface area contributed by atoms with Crippen molar-refractivity contribution in [2.24, 2.45) is 0 Å². The smallest absolute Gasteiger partial charge is 0.272 e. The Morgan fingerprint density at radius 3 is 2.55 bits per heavy atom. The number of amides is 1. The highest BCUT2D eigenvalue weighted by atomic mass is 32.1. The SMILES string of the molecule is CCc1ccc(NC(=O)Cn2c(C)nc3c(sc4nc(C)cc(C)c43)c2=O)cc1. The normalized spacial score (nSPS) is 11.3. The number of rotatable bonds is 4. The Labute approximate surface area is 172 Å². The lowest BCUT2D eigenvalue weighted by Gasteiger charge is -2.10. The van der Waals surface area contributed by atoms with Gasteiger partial charge in [-0.15, -0.1) is 11.3 Å². The minimum absolute atomic E-state index is 0.0805. The quantitative estimate of drug-likeness (QED) is 0.553. The molecule has 4 rings (SSSR count). The summed E-state index contributed by atoms with van der Waals surface area (Å²) in [6.07, 6.45) is 0.942. The van der Waals surface area contributed by atoms with E-state index in [1.54, 1.807) is 6.92 Å². The van der Waals surface area contributed by atoms with Gasteiger partial charge in [-0.1, -0.05) is 19.1 Å². The fraction of sp³-hybridized carbons (Fsp3) is 0.273. The first-order chi connectivity index (χ1) is 13.9. The largest absolute Gasteiger partial charge is 0.325 e. The summed E-state index contributed by atoms with van der Waals surface area (Å²) < 4.78 is 1.96. The van der Waals surface area contributed by atoms with Crippen LogP contribution < -0.4 is 10.9 Å². The molecular formula is C22H22N4O2S. The van der Waals surface area contributed by atoms with Gasteiger partial charge in [-0.2, -0.15) is 0 Å². The van der Waals surface area contributed by atoms with Crippen molar-refractivity contribution in [1.29, 1.82) is 0 Å². The second kappa shape index (κ2) is 7.40. The minimum Gasteiger partial charge on any atom is -0.325 e. The van der Waals surface area contributed by atoms with Crippen LogP contribution in [0.5, 0.6) is 0 Å². The predicted molar refractivity (Wildman–Crippen MR) is 118 cm³/mol. The van der Waals surface area contributed by atoms with Crippen LogP contribution in [0.2, 0.25) is 0 Å². The molecule has 4 aromatic rings. The minimum atomic E-state index is -0.258. The van der Waals surface area contributed by atoms with E-state index in [2.05, 4.69) is 22.2 Å². The standard InChI is InChI=1S/C22H22N4O2S/c1-5-15-6-8-16(9-7-15)25-17(27)11-26-14(4)24-19-18-12(2)10-13(3)23-21(18)29-20(19)22(26)28/h6-10H,5,11H2,1-4H3,(H,25,27). The van der Waals surface area contributed by atoms with Crippen LogP contribution in [0.3, 0.4) is 0 Å². The van der Waals surface area contributed by atoms with Gasteiger partial charge in [0.2, 0.25) is 5.91 Å². The molecule has 0 aliphatic rings. The van der Waals surface area contributed by atoms with Gasteiger partial charge in [0.15, 0.2) is 0 Å². The van der Waals surface area contributed by atoms with Gasteiger partial charge < -0.3 is 5.32 Å². The second-order valence-corrected chi connectivity index (χ2v) is 8.19. The Hall–Kier alpha value is -3.06. The van der Waals surface area contributed by atoms with Crippen LogP contribution >= 0.6 is 11.3 Å². The highest BCUT2D eigenvalue weighted by Gasteiger charge is 2.18. The highest BCUT2D eigenvalue weighted by molar-refractivity contribution is 7.25. The van der Waals surface area contributed by atoms with Crippen LogP contribution in [-0.4, -0.2) is 20.4 Å². The summed E-state index contributed by atoms with van der Waals surface area (Å²) in [5.41, 5.74) is 4.34. The van der Waals surface area contributed by atoms with E-state index in [9.17, 15) is 9.59 Å². The summed E-state index contributed by atoms with van der Waals surface area (Å²) in [6, 6.07) is 9.70. The number of pyridine rings is 1. The fourth-order valence-electron chi connectivity index (χ4n) is 3.52. The van der Waals surface area contributed by atoms with Gasteiger partial charge in [0.1, 0.15) is 21.9 Å². The van der Waals surface area contributed by atoms with Crippen LogP contribution in [0.25, 0.3) is 20.4 Å². The average Bonchev–Trinajstić information content (AvgIpc) is 3.04. The first-order valence-corrected chi connectivity index (χ1v) is 10.4. The molecule has 6 nitrogen and oxygen atoms in total. The Kier molecular flexibility index (Phi) is 4.92. The molecule has 0 aliphatic heterocycles. The lowest BCUT2D eigenvalue weighted by molar-refractivity contribution is -0.116. The monoisotopic (exact) mass is 406 g/mol. The average molecular weight is 407 g/mol. The number of nitrogens with zero attached hydrogens (tertiary/aromatic N) is 3. The number of aromatic nitrogens is 3. The summed E-state index contributed by atoms with van der Waals surface area (Å²) >= 11 is 1.34. The van der Waals surface area contributed by atoms with Crippen molar-refractivity contribution in [3.05, 3.63) is 63.3 Å². The molecule has 29 heavy (non-hydrogen) atoms. The third kappa shape index (κ3) is 3.53. The number of anilines is 1. The number of thiophene rings is 1. The molecule has 1 amide bonds. The van der Waals surface area contributed by atoms with Crippen molar-refractivity contribution in [3.8, 4) is 0 Å². The van der Waals surface area contributed by atoms with E-state index in [1.165, 1.54) is 21.5 Å². The summed E-state index contributed by atoms with van der Waals surface area (Å²) in [4.78, 5) is 35.7. The second-order valence-electron chi connectivity index (χ2n) is 7.19. The highest BCUT2D eigenvalue weighted by Crippen LogP contribution is 2.32. The molecule has 0 atom stereocenters. The molecule has 0 spiro atoms. The molecule has 7 heteroatoms. The maximum atomic E-state index is 13.1. The lowest BCUT2D eigenvalue weighted by atomic mass is 10.1. The number of nitrogens with one attached hydrogen (secondary N) is 1. The van der Waals surface area contributed by atoms with Crippen molar-refractivity contribution in [2.75, 3.05) is 5.32 Å². The zero-order valence-corrected chi connectivity index (χ0v) is 17.7. The molecule has 0 unspecified atom stereocenters. The zero-order chi connectivity index (χ0) is 20.7. The van der Waals surface area contributed by atoms with Gasteiger partial charge in [0.05, 0.1) is 5.52 Å². The van der Waals surface area contributed by atoms with E-state index in [1.807, 2.05) is 44.2 Å².